The molecular weight excluding hydrogens is 266 g/mol. The second kappa shape index (κ2) is 6.83. The van der Waals surface area contributed by atoms with Crippen molar-refractivity contribution < 1.29 is 0 Å². The van der Waals surface area contributed by atoms with Crippen LogP contribution in [0.5, 0.6) is 0 Å². The Balaban J connectivity index is 2.13. The standard InChI is InChI=1S/C13H16ClN3S/c1-2-4-16-12(13-8-18-9-17-13)6-10-3-5-15-7-11(10)14/h3,5,7-9,12,16H,2,4,6H2,1H3. The highest BCUT2D eigenvalue weighted by atomic mass is 35.5. The maximum Gasteiger partial charge on any atom is 0.0795 e. The molecule has 5 heteroatoms. The maximum absolute atomic E-state index is 6.16. The number of pyridine rings is 1. The third kappa shape index (κ3) is 3.51. The molecule has 0 aliphatic rings. The molecular formula is C13H16ClN3S. The minimum absolute atomic E-state index is 0.219. The van der Waals surface area contributed by atoms with Gasteiger partial charge in [-0.1, -0.05) is 18.5 Å². The van der Waals surface area contributed by atoms with E-state index in [1.807, 2.05) is 11.6 Å². The van der Waals surface area contributed by atoms with E-state index in [4.69, 9.17) is 11.6 Å². The molecule has 2 aromatic rings. The van der Waals surface area contributed by atoms with Crippen LogP contribution in [0.25, 0.3) is 0 Å². The minimum atomic E-state index is 0.219. The van der Waals surface area contributed by atoms with Crippen LogP contribution >= 0.6 is 22.9 Å². The van der Waals surface area contributed by atoms with Crippen molar-refractivity contribution in [2.24, 2.45) is 0 Å². The summed E-state index contributed by atoms with van der Waals surface area (Å²) in [7, 11) is 0. The van der Waals surface area contributed by atoms with Crippen LogP contribution < -0.4 is 5.32 Å². The topological polar surface area (TPSA) is 37.8 Å². The zero-order chi connectivity index (χ0) is 12.8. The summed E-state index contributed by atoms with van der Waals surface area (Å²) in [5.74, 6) is 0. The first-order chi connectivity index (χ1) is 8.81. The van der Waals surface area contributed by atoms with Gasteiger partial charge in [-0.2, -0.15) is 0 Å². The van der Waals surface area contributed by atoms with Crippen molar-refractivity contribution in [2.75, 3.05) is 6.54 Å². The summed E-state index contributed by atoms with van der Waals surface area (Å²) >= 11 is 7.78. The van der Waals surface area contributed by atoms with Crippen molar-refractivity contribution in [3.63, 3.8) is 0 Å². The van der Waals surface area contributed by atoms with Crippen molar-refractivity contribution in [1.29, 1.82) is 0 Å². The van der Waals surface area contributed by atoms with Crippen molar-refractivity contribution in [3.05, 3.63) is 45.6 Å². The predicted octanol–water partition coefficient (Wildman–Crippen LogP) is 3.47. The molecule has 0 aromatic carbocycles. The Kier molecular flexibility index (Phi) is 5.11. The number of halogens is 1. The summed E-state index contributed by atoms with van der Waals surface area (Å²) in [5, 5.41) is 6.32. The average Bonchev–Trinajstić information content (AvgIpc) is 2.90. The molecule has 3 nitrogen and oxygen atoms in total. The number of nitrogens with zero attached hydrogens (tertiary/aromatic N) is 2. The van der Waals surface area contributed by atoms with Gasteiger partial charge >= 0.3 is 0 Å². The van der Waals surface area contributed by atoms with Crippen LogP contribution in [0.2, 0.25) is 5.02 Å². The van der Waals surface area contributed by atoms with E-state index < -0.39 is 0 Å². The summed E-state index contributed by atoms with van der Waals surface area (Å²) < 4.78 is 0. The molecule has 1 N–H and O–H groups in total. The maximum atomic E-state index is 6.16. The summed E-state index contributed by atoms with van der Waals surface area (Å²) in [6, 6.07) is 2.19. The zero-order valence-corrected chi connectivity index (χ0v) is 11.8. The Labute approximate surface area is 116 Å². The largest absolute Gasteiger partial charge is 0.308 e. The monoisotopic (exact) mass is 281 g/mol. The number of nitrogens with one attached hydrogen (secondary N) is 1. The van der Waals surface area contributed by atoms with Gasteiger partial charge in [-0.05, 0) is 31.0 Å². The van der Waals surface area contributed by atoms with Crippen LogP contribution in [0.1, 0.15) is 30.6 Å². The van der Waals surface area contributed by atoms with Crippen molar-refractivity contribution in [1.82, 2.24) is 15.3 Å². The van der Waals surface area contributed by atoms with E-state index in [2.05, 4.69) is 27.6 Å². The zero-order valence-electron chi connectivity index (χ0n) is 10.3. The number of hydrogen-bond acceptors (Lipinski definition) is 4. The molecule has 0 aliphatic heterocycles. The molecule has 96 valence electrons. The number of rotatable bonds is 6. The van der Waals surface area contributed by atoms with E-state index in [1.165, 1.54) is 0 Å². The van der Waals surface area contributed by atoms with E-state index >= 15 is 0 Å². The van der Waals surface area contributed by atoms with Crippen LogP contribution in [0.4, 0.5) is 0 Å². The second-order valence-electron chi connectivity index (χ2n) is 4.09. The molecule has 2 aromatic heterocycles. The van der Waals surface area contributed by atoms with Gasteiger partial charge in [0.1, 0.15) is 0 Å². The molecule has 0 fully saturated rings. The molecule has 2 rings (SSSR count). The molecule has 2 heterocycles. The van der Waals surface area contributed by atoms with Gasteiger partial charge in [0, 0.05) is 17.8 Å². The van der Waals surface area contributed by atoms with Crippen LogP contribution in [0.15, 0.2) is 29.4 Å². The molecule has 0 saturated carbocycles. The van der Waals surface area contributed by atoms with Gasteiger partial charge in [0.25, 0.3) is 0 Å². The Morgan fingerprint density at radius 1 is 1.50 bits per heavy atom. The van der Waals surface area contributed by atoms with E-state index in [9.17, 15) is 0 Å². The summed E-state index contributed by atoms with van der Waals surface area (Å²) in [6.07, 6.45) is 5.41. The lowest BCUT2D eigenvalue weighted by atomic mass is 10.0. The predicted molar refractivity (Wildman–Crippen MR) is 76.1 cm³/mol. The third-order valence-corrected chi connectivity index (χ3v) is 3.67. The highest BCUT2D eigenvalue weighted by Crippen LogP contribution is 2.22. The lowest BCUT2D eigenvalue weighted by Crippen LogP contribution is -2.24. The fraction of sp³-hybridized carbons (Fsp3) is 0.385. The molecule has 0 amide bonds. The normalized spacial score (nSPS) is 12.6. The average molecular weight is 282 g/mol. The van der Waals surface area contributed by atoms with Gasteiger partial charge < -0.3 is 5.32 Å². The number of thiazole rings is 1. The first-order valence-corrected chi connectivity index (χ1v) is 7.33. The fourth-order valence-electron chi connectivity index (χ4n) is 1.78. The Hall–Kier alpha value is -0.970. The van der Waals surface area contributed by atoms with Gasteiger partial charge in [0.05, 0.1) is 22.3 Å². The molecule has 0 aliphatic carbocycles. The first-order valence-electron chi connectivity index (χ1n) is 6.01. The van der Waals surface area contributed by atoms with E-state index in [0.29, 0.717) is 0 Å². The highest BCUT2D eigenvalue weighted by molar-refractivity contribution is 7.07. The SMILES string of the molecule is CCCNC(Cc1ccncc1Cl)c1cscn1. The van der Waals surface area contributed by atoms with Gasteiger partial charge in [0.2, 0.25) is 0 Å². The Morgan fingerprint density at radius 2 is 2.39 bits per heavy atom. The number of hydrogen-bond donors (Lipinski definition) is 1. The van der Waals surface area contributed by atoms with Gasteiger partial charge in [0.15, 0.2) is 0 Å². The van der Waals surface area contributed by atoms with Crippen LogP contribution in [0.3, 0.4) is 0 Å². The summed E-state index contributed by atoms with van der Waals surface area (Å²) in [6.45, 7) is 3.13. The lowest BCUT2D eigenvalue weighted by Gasteiger charge is -2.17. The number of aromatic nitrogens is 2. The van der Waals surface area contributed by atoms with Crippen molar-refractivity contribution >= 4 is 22.9 Å². The summed E-state index contributed by atoms with van der Waals surface area (Å²) in [5.41, 5.74) is 4.05. The molecule has 0 spiro atoms. The minimum Gasteiger partial charge on any atom is -0.308 e. The van der Waals surface area contributed by atoms with Gasteiger partial charge in [-0.3, -0.25) is 4.98 Å². The lowest BCUT2D eigenvalue weighted by molar-refractivity contribution is 0.520. The Morgan fingerprint density at radius 3 is 3.06 bits per heavy atom. The quantitative estimate of drug-likeness (QED) is 0.881. The smallest absolute Gasteiger partial charge is 0.0795 e. The second-order valence-corrected chi connectivity index (χ2v) is 5.22. The van der Waals surface area contributed by atoms with E-state index in [-0.39, 0.29) is 6.04 Å². The van der Waals surface area contributed by atoms with E-state index in [0.717, 1.165) is 35.7 Å². The van der Waals surface area contributed by atoms with Gasteiger partial charge in [-0.15, -0.1) is 11.3 Å². The molecule has 18 heavy (non-hydrogen) atoms. The van der Waals surface area contributed by atoms with Crippen LogP contribution in [0, 0.1) is 0 Å². The third-order valence-electron chi connectivity index (χ3n) is 2.73. The molecule has 0 radical (unpaired) electrons. The van der Waals surface area contributed by atoms with E-state index in [1.54, 1.807) is 23.7 Å². The van der Waals surface area contributed by atoms with Crippen LogP contribution in [-0.2, 0) is 6.42 Å². The molecule has 0 bridgehead atoms. The highest BCUT2D eigenvalue weighted by Gasteiger charge is 2.14. The van der Waals surface area contributed by atoms with Crippen molar-refractivity contribution in [3.8, 4) is 0 Å². The summed E-state index contributed by atoms with van der Waals surface area (Å²) in [4.78, 5) is 8.40. The first kappa shape index (κ1) is 13.5. The Bertz CT molecular complexity index is 473. The molecule has 1 atom stereocenters. The van der Waals surface area contributed by atoms with Gasteiger partial charge in [-0.25, -0.2) is 4.98 Å². The van der Waals surface area contributed by atoms with Crippen molar-refractivity contribution in [2.45, 2.75) is 25.8 Å². The van der Waals surface area contributed by atoms with Crippen LogP contribution in [-0.4, -0.2) is 16.5 Å². The fourth-order valence-corrected chi connectivity index (χ4v) is 2.59. The molecule has 0 saturated heterocycles. The molecule has 1 unspecified atom stereocenters.